The first-order chi connectivity index (χ1) is 7.25. The summed E-state index contributed by atoms with van der Waals surface area (Å²) in [7, 11) is 0. The van der Waals surface area contributed by atoms with Crippen molar-refractivity contribution in [1.82, 2.24) is 4.98 Å². The number of hydrogen-bond acceptors (Lipinski definition) is 5. The van der Waals surface area contributed by atoms with Crippen LogP contribution in [0.25, 0.3) is 0 Å². The first-order valence-electron chi connectivity index (χ1n) is 4.44. The Labute approximate surface area is 87.0 Å². The predicted molar refractivity (Wildman–Crippen MR) is 57.6 cm³/mol. The summed E-state index contributed by atoms with van der Waals surface area (Å²) in [6, 6.07) is 3.25. The minimum Gasteiger partial charge on any atom is -0.375 e. The van der Waals surface area contributed by atoms with Crippen molar-refractivity contribution in [1.29, 1.82) is 0 Å². The first kappa shape index (κ1) is 11.1. The van der Waals surface area contributed by atoms with Gasteiger partial charge in [0, 0.05) is 13.1 Å². The number of pyridine rings is 1. The zero-order valence-electron chi connectivity index (χ0n) is 8.09. The molecule has 15 heavy (non-hydrogen) atoms. The molecule has 0 aliphatic rings. The van der Waals surface area contributed by atoms with Crippen LogP contribution in [0.2, 0.25) is 0 Å². The van der Waals surface area contributed by atoms with E-state index in [9.17, 15) is 10.1 Å². The van der Waals surface area contributed by atoms with E-state index in [-0.39, 0.29) is 5.82 Å². The molecule has 0 bridgehead atoms. The highest BCUT2D eigenvalue weighted by molar-refractivity contribution is 5.56. The minimum absolute atomic E-state index is 0.168. The van der Waals surface area contributed by atoms with Crippen molar-refractivity contribution in [3.8, 4) is 0 Å². The maximum absolute atomic E-state index is 10.6. The van der Waals surface area contributed by atoms with E-state index in [1.54, 1.807) is 24.3 Å². The molecule has 1 rings (SSSR count). The van der Waals surface area contributed by atoms with Crippen LogP contribution in [0.4, 0.5) is 11.5 Å². The molecule has 0 saturated heterocycles. The van der Waals surface area contributed by atoms with E-state index in [0.717, 1.165) is 0 Å². The van der Waals surface area contributed by atoms with Crippen LogP contribution >= 0.6 is 0 Å². The van der Waals surface area contributed by atoms with E-state index in [1.165, 1.54) is 6.20 Å². The van der Waals surface area contributed by atoms with Crippen LogP contribution in [-0.2, 0) is 0 Å². The zero-order chi connectivity index (χ0) is 11.1. The van der Waals surface area contributed by atoms with Crippen LogP contribution in [0.5, 0.6) is 0 Å². The van der Waals surface area contributed by atoms with Gasteiger partial charge in [0.1, 0.15) is 11.9 Å². The molecule has 0 saturated carbocycles. The maximum Gasteiger partial charge on any atom is 0.386 e. The highest BCUT2D eigenvalue weighted by Crippen LogP contribution is 2.19. The Bertz CT molecular complexity index is 365. The average molecular weight is 208 g/mol. The van der Waals surface area contributed by atoms with Crippen molar-refractivity contribution in [2.75, 3.05) is 18.4 Å². The highest BCUT2D eigenvalue weighted by atomic mass is 16.6. The topological polar surface area (TPSA) is 94.1 Å². The van der Waals surface area contributed by atoms with Gasteiger partial charge in [-0.05, 0) is 22.0 Å². The molecule has 0 aliphatic carbocycles. The Morgan fingerprint density at radius 1 is 1.60 bits per heavy atom. The fourth-order valence-electron chi connectivity index (χ4n) is 1.03. The second kappa shape index (κ2) is 5.71. The van der Waals surface area contributed by atoms with Gasteiger partial charge in [-0.15, -0.1) is 0 Å². The molecule has 80 valence electrons. The number of hydrogen-bond donors (Lipinski definition) is 2. The van der Waals surface area contributed by atoms with Gasteiger partial charge in [-0.2, -0.15) is 0 Å². The Balaban J connectivity index is 2.67. The third kappa shape index (κ3) is 3.35. The van der Waals surface area contributed by atoms with Crippen LogP contribution in [0.3, 0.4) is 0 Å². The summed E-state index contributed by atoms with van der Waals surface area (Å²) in [5, 5.41) is 13.5. The number of anilines is 1. The maximum atomic E-state index is 10.6. The monoisotopic (exact) mass is 208 g/mol. The third-order valence-electron chi connectivity index (χ3n) is 1.67. The predicted octanol–water partition coefficient (Wildman–Crippen LogP) is 0.917. The fraction of sp³-hybridized carbons (Fsp3) is 0.222. The molecule has 0 aliphatic heterocycles. The Morgan fingerprint density at radius 2 is 2.40 bits per heavy atom. The smallest absolute Gasteiger partial charge is 0.375 e. The second-order valence-corrected chi connectivity index (χ2v) is 2.72. The summed E-state index contributed by atoms with van der Waals surface area (Å²) in [6.45, 7) is 0.945. The molecule has 1 aromatic heterocycles. The summed E-state index contributed by atoms with van der Waals surface area (Å²) in [6.07, 6.45) is 4.96. The number of nitro groups is 1. The van der Waals surface area contributed by atoms with Crippen LogP contribution in [-0.4, -0.2) is 23.0 Å². The van der Waals surface area contributed by atoms with Gasteiger partial charge >= 0.3 is 5.82 Å². The van der Waals surface area contributed by atoms with Crippen LogP contribution in [0.15, 0.2) is 30.5 Å². The Morgan fingerprint density at radius 3 is 3.07 bits per heavy atom. The summed E-state index contributed by atoms with van der Waals surface area (Å²) in [5.41, 5.74) is 5.66. The Kier molecular flexibility index (Phi) is 4.24. The molecule has 0 radical (unpaired) electrons. The molecule has 0 spiro atoms. The van der Waals surface area contributed by atoms with Crippen molar-refractivity contribution in [3.63, 3.8) is 0 Å². The van der Waals surface area contributed by atoms with E-state index in [2.05, 4.69) is 10.3 Å². The van der Waals surface area contributed by atoms with Crippen molar-refractivity contribution in [2.45, 2.75) is 0 Å². The van der Waals surface area contributed by atoms with E-state index in [1.807, 2.05) is 0 Å². The lowest BCUT2D eigenvalue weighted by Gasteiger charge is -2.02. The molecule has 1 aromatic rings. The Hall–Kier alpha value is -1.95. The quantitative estimate of drug-likeness (QED) is 0.426. The standard InChI is InChI=1S/C9H12N4O2/c10-5-1-2-6-11-8-4-3-7-12-9(8)13(14)15/h1-4,7,11H,5-6,10H2/b2-1+. The number of nitrogens with one attached hydrogen (secondary N) is 1. The van der Waals surface area contributed by atoms with Crippen molar-refractivity contribution >= 4 is 11.5 Å². The van der Waals surface area contributed by atoms with Crippen LogP contribution in [0.1, 0.15) is 0 Å². The largest absolute Gasteiger partial charge is 0.386 e. The van der Waals surface area contributed by atoms with E-state index < -0.39 is 4.92 Å². The fourth-order valence-corrected chi connectivity index (χ4v) is 1.03. The van der Waals surface area contributed by atoms with Crippen molar-refractivity contribution in [2.24, 2.45) is 5.73 Å². The SMILES string of the molecule is NC/C=C/CNc1cccnc1[N+](=O)[O-]. The number of nitrogens with zero attached hydrogens (tertiary/aromatic N) is 2. The lowest BCUT2D eigenvalue weighted by Crippen LogP contribution is -2.04. The molecule has 0 unspecified atom stereocenters. The normalized spacial score (nSPS) is 10.5. The molecule has 3 N–H and O–H groups in total. The number of rotatable bonds is 5. The van der Waals surface area contributed by atoms with Gasteiger partial charge in [0.2, 0.25) is 0 Å². The molecule has 0 amide bonds. The first-order valence-corrected chi connectivity index (χ1v) is 4.44. The van der Waals surface area contributed by atoms with Gasteiger partial charge in [0.05, 0.1) is 0 Å². The highest BCUT2D eigenvalue weighted by Gasteiger charge is 2.12. The van der Waals surface area contributed by atoms with Gasteiger partial charge in [-0.25, -0.2) is 0 Å². The van der Waals surface area contributed by atoms with Crippen molar-refractivity contribution in [3.05, 3.63) is 40.6 Å². The molecule has 0 fully saturated rings. The van der Waals surface area contributed by atoms with Gasteiger partial charge < -0.3 is 21.2 Å². The average Bonchev–Trinajstić information content (AvgIpc) is 2.25. The molecule has 6 heteroatoms. The van der Waals surface area contributed by atoms with Gasteiger partial charge in [-0.1, -0.05) is 12.2 Å². The van der Waals surface area contributed by atoms with Crippen molar-refractivity contribution < 1.29 is 4.92 Å². The molecular formula is C9H12N4O2. The van der Waals surface area contributed by atoms with Gasteiger partial charge in [0.25, 0.3) is 0 Å². The molecule has 6 nitrogen and oxygen atoms in total. The number of nitrogens with two attached hydrogens (primary N) is 1. The molecule has 1 heterocycles. The lowest BCUT2D eigenvalue weighted by atomic mass is 10.3. The zero-order valence-corrected chi connectivity index (χ0v) is 8.09. The van der Waals surface area contributed by atoms with Gasteiger partial charge in [-0.3, -0.25) is 0 Å². The van der Waals surface area contributed by atoms with E-state index in [0.29, 0.717) is 18.8 Å². The summed E-state index contributed by atoms with van der Waals surface area (Å²) in [4.78, 5) is 13.7. The third-order valence-corrected chi connectivity index (χ3v) is 1.67. The molecule has 0 atom stereocenters. The second-order valence-electron chi connectivity index (χ2n) is 2.72. The van der Waals surface area contributed by atoms with E-state index in [4.69, 9.17) is 5.73 Å². The van der Waals surface area contributed by atoms with Gasteiger partial charge in [0.15, 0.2) is 0 Å². The van der Waals surface area contributed by atoms with E-state index >= 15 is 0 Å². The summed E-state index contributed by atoms with van der Waals surface area (Å²) >= 11 is 0. The molecule has 0 aromatic carbocycles. The molecular weight excluding hydrogens is 196 g/mol. The minimum atomic E-state index is -0.519. The van der Waals surface area contributed by atoms with Crippen LogP contribution in [0, 0.1) is 10.1 Å². The lowest BCUT2D eigenvalue weighted by molar-refractivity contribution is -0.388. The summed E-state index contributed by atoms with van der Waals surface area (Å²) in [5.74, 6) is -0.168. The number of aromatic nitrogens is 1. The van der Waals surface area contributed by atoms with Crippen LogP contribution < -0.4 is 11.1 Å². The summed E-state index contributed by atoms with van der Waals surface area (Å²) < 4.78 is 0.